The summed E-state index contributed by atoms with van der Waals surface area (Å²) in [7, 11) is 0. The molecule has 25 heavy (non-hydrogen) atoms. The lowest BCUT2D eigenvalue weighted by Gasteiger charge is -2.18. The lowest BCUT2D eigenvalue weighted by atomic mass is 10.2. The molecule has 0 aliphatic rings. The Bertz CT molecular complexity index is 877. The maximum Gasteiger partial charge on any atom is 0.261 e. The first-order valence-corrected chi connectivity index (χ1v) is 8.56. The second-order valence-electron chi connectivity index (χ2n) is 5.70. The maximum absolute atomic E-state index is 12.4. The van der Waals surface area contributed by atoms with E-state index < -0.39 is 6.10 Å². The maximum atomic E-state index is 12.4. The van der Waals surface area contributed by atoms with Crippen molar-refractivity contribution < 1.29 is 9.53 Å². The fraction of sp³-hybridized carbons (Fsp3) is 0.222. The monoisotopic (exact) mass is 377 g/mol. The number of imidazole rings is 1. The molecule has 0 spiro atoms. The van der Waals surface area contributed by atoms with Crippen molar-refractivity contribution in [1.82, 2.24) is 15.3 Å². The minimum atomic E-state index is -0.717. The van der Waals surface area contributed by atoms with E-state index in [1.807, 2.05) is 31.2 Å². The van der Waals surface area contributed by atoms with Crippen molar-refractivity contribution in [3.05, 3.63) is 58.3 Å². The van der Waals surface area contributed by atoms with Crippen molar-refractivity contribution in [2.45, 2.75) is 26.0 Å². The molecule has 7 heteroatoms. The van der Waals surface area contributed by atoms with Crippen LogP contribution >= 0.6 is 23.2 Å². The highest BCUT2D eigenvalue weighted by Crippen LogP contribution is 2.28. The van der Waals surface area contributed by atoms with Crippen LogP contribution in [0.2, 0.25) is 10.0 Å². The van der Waals surface area contributed by atoms with Gasteiger partial charge < -0.3 is 15.0 Å². The molecule has 0 bridgehead atoms. The number of halogens is 2. The Kier molecular flexibility index (Phi) is 5.16. The average Bonchev–Trinajstić information content (AvgIpc) is 3.01. The van der Waals surface area contributed by atoms with Crippen LogP contribution in [0.25, 0.3) is 11.0 Å². The molecule has 2 N–H and O–H groups in total. The van der Waals surface area contributed by atoms with Crippen LogP contribution in [0.5, 0.6) is 5.75 Å². The van der Waals surface area contributed by atoms with Crippen molar-refractivity contribution in [3.63, 3.8) is 0 Å². The molecule has 0 saturated heterocycles. The summed E-state index contributed by atoms with van der Waals surface area (Å²) < 4.78 is 5.62. The van der Waals surface area contributed by atoms with Crippen LogP contribution in [0.15, 0.2) is 42.5 Å². The number of nitrogens with zero attached hydrogens (tertiary/aromatic N) is 1. The van der Waals surface area contributed by atoms with Crippen LogP contribution in [0.4, 0.5) is 0 Å². The van der Waals surface area contributed by atoms with E-state index >= 15 is 0 Å². The van der Waals surface area contributed by atoms with Gasteiger partial charge in [0.15, 0.2) is 6.10 Å². The third kappa shape index (κ3) is 4.06. The molecular weight excluding hydrogens is 361 g/mol. The molecule has 0 radical (unpaired) electrons. The van der Waals surface area contributed by atoms with Gasteiger partial charge in [-0.25, -0.2) is 4.98 Å². The number of nitrogens with one attached hydrogen (secondary N) is 2. The van der Waals surface area contributed by atoms with Crippen molar-refractivity contribution in [3.8, 4) is 5.75 Å². The van der Waals surface area contributed by atoms with E-state index in [1.54, 1.807) is 25.1 Å². The number of aromatic nitrogens is 2. The Morgan fingerprint density at radius 2 is 1.96 bits per heavy atom. The SMILES string of the molecule is CC(Oc1ccc(Cl)cc1Cl)C(=O)N[C@@H](C)c1nc2ccccc2[nH]1. The second kappa shape index (κ2) is 7.33. The summed E-state index contributed by atoms with van der Waals surface area (Å²) in [6.45, 7) is 3.52. The highest BCUT2D eigenvalue weighted by molar-refractivity contribution is 6.35. The summed E-state index contributed by atoms with van der Waals surface area (Å²) in [5, 5.41) is 3.75. The molecule has 0 aliphatic carbocycles. The van der Waals surface area contributed by atoms with Gasteiger partial charge in [0, 0.05) is 5.02 Å². The van der Waals surface area contributed by atoms with Crippen LogP contribution in [0, 0.1) is 0 Å². The largest absolute Gasteiger partial charge is 0.479 e. The van der Waals surface area contributed by atoms with E-state index in [4.69, 9.17) is 27.9 Å². The third-order valence-corrected chi connectivity index (χ3v) is 4.27. The summed E-state index contributed by atoms with van der Waals surface area (Å²) >= 11 is 11.9. The number of hydrogen-bond acceptors (Lipinski definition) is 3. The van der Waals surface area contributed by atoms with Gasteiger partial charge in [-0.2, -0.15) is 0 Å². The van der Waals surface area contributed by atoms with Crippen LogP contribution in [-0.2, 0) is 4.79 Å². The number of amides is 1. The van der Waals surface area contributed by atoms with E-state index in [1.165, 1.54) is 0 Å². The Morgan fingerprint density at radius 3 is 2.68 bits per heavy atom. The Hall–Kier alpha value is -2.24. The van der Waals surface area contributed by atoms with E-state index in [2.05, 4.69) is 15.3 Å². The number of carbonyl (C=O) groups excluding carboxylic acids is 1. The molecule has 1 amide bonds. The molecule has 0 saturated carbocycles. The average molecular weight is 378 g/mol. The van der Waals surface area contributed by atoms with E-state index in [9.17, 15) is 4.79 Å². The van der Waals surface area contributed by atoms with Crippen LogP contribution in [0.1, 0.15) is 25.7 Å². The highest BCUT2D eigenvalue weighted by atomic mass is 35.5. The second-order valence-corrected chi connectivity index (χ2v) is 6.55. The number of H-pyrrole nitrogens is 1. The van der Waals surface area contributed by atoms with E-state index in [0.717, 1.165) is 11.0 Å². The zero-order chi connectivity index (χ0) is 18.0. The third-order valence-electron chi connectivity index (χ3n) is 3.74. The first-order chi connectivity index (χ1) is 11.9. The number of benzene rings is 2. The van der Waals surface area contributed by atoms with E-state index in [-0.39, 0.29) is 11.9 Å². The fourth-order valence-corrected chi connectivity index (χ4v) is 2.84. The molecule has 2 aromatic carbocycles. The molecule has 130 valence electrons. The number of fused-ring (bicyclic) bond motifs is 1. The molecule has 3 aromatic rings. The topological polar surface area (TPSA) is 67.0 Å². The van der Waals surface area contributed by atoms with Crippen molar-refractivity contribution in [2.24, 2.45) is 0 Å². The highest BCUT2D eigenvalue weighted by Gasteiger charge is 2.20. The minimum Gasteiger partial charge on any atom is -0.479 e. The molecule has 3 rings (SSSR count). The van der Waals surface area contributed by atoms with Gasteiger partial charge in [0.25, 0.3) is 5.91 Å². The lowest BCUT2D eigenvalue weighted by Crippen LogP contribution is -2.38. The number of carbonyl (C=O) groups is 1. The predicted octanol–water partition coefficient (Wildman–Crippen LogP) is 4.51. The molecular formula is C18H17Cl2N3O2. The normalized spacial score (nSPS) is 13.4. The zero-order valence-electron chi connectivity index (χ0n) is 13.7. The first kappa shape index (κ1) is 17.6. The van der Waals surface area contributed by atoms with Crippen LogP contribution in [0.3, 0.4) is 0 Å². The van der Waals surface area contributed by atoms with Gasteiger partial charge in [0.2, 0.25) is 0 Å². The number of aromatic amines is 1. The molecule has 1 unspecified atom stereocenters. The van der Waals surface area contributed by atoms with Gasteiger partial charge in [-0.05, 0) is 44.2 Å². The summed E-state index contributed by atoms with van der Waals surface area (Å²) in [5.41, 5.74) is 1.78. The Morgan fingerprint density at radius 1 is 1.20 bits per heavy atom. The van der Waals surface area contributed by atoms with Gasteiger partial charge in [-0.15, -0.1) is 0 Å². The first-order valence-electron chi connectivity index (χ1n) is 7.81. The minimum absolute atomic E-state index is 0.265. The van der Waals surface area contributed by atoms with Crippen LogP contribution < -0.4 is 10.1 Å². The van der Waals surface area contributed by atoms with Gasteiger partial charge in [0.05, 0.1) is 22.1 Å². The summed E-state index contributed by atoms with van der Waals surface area (Å²) in [6.07, 6.45) is -0.717. The number of para-hydroxylation sites is 2. The standard InChI is InChI=1S/C18H17Cl2N3O2/c1-10(17-22-14-5-3-4-6-15(14)23-17)21-18(24)11(2)25-16-8-7-12(19)9-13(16)20/h3-11H,1-2H3,(H,21,24)(H,22,23)/t10-,11?/m0/s1. The molecule has 1 heterocycles. The number of hydrogen-bond donors (Lipinski definition) is 2. The molecule has 0 fully saturated rings. The lowest BCUT2D eigenvalue weighted by molar-refractivity contribution is -0.128. The quantitative estimate of drug-likeness (QED) is 0.686. The number of rotatable bonds is 5. The number of ether oxygens (including phenoxy) is 1. The Balaban J connectivity index is 1.66. The van der Waals surface area contributed by atoms with Crippen LogP contribution in [-0.4, -0.2) is 22.0 Å². The summed E-state index contributed by atoms with van der Waals surface area (Å²) in [5.74, 6) is 0.829. The predicted molar refractivity (Wildman–Crippen MR) is 99.2 cm³/mol. The molecule has 2 atom stereocenters. The van der Waals surface area contributed by atoms with Gasteiger partial charge in [0.1, 0.15) is 11.6 Å². The van der Waals surface area contributed by atoms with Gasteiger partial charge >= 0.3 is 0 Å². The van der Waals surface area contributed by atoms with Gasteiger partial charge in [-0.1, -0.05) is 35.3 Å². The molecule has 1 aromatic heterocycles. The summed E-state index contributed by atoms with van der Waals surface area (Å²) in [6, 6.07) is 12.3. The molecule has 5 nitrogen and oxygen atoms in total. The zero-order valence-corrected chi connectivity index (χ0v) is 15.2. The van der Waals surface area contributed by atoms with Crippen molar-refractivity contribution in [1.29, 1.82) is 0 Å². The van der Waals surface area contributed by atoms with Gasteiger partial charge in [-0.3, -0.25) is 4.79 Å². The van der Waals surface area contributed by atoms with Crippen molar-refractivity contribution >= 4 is 40.1 Å². The smallest absolute Gasteiger partial charge is 0.261 e. The van der Waals surface area contributed by atoms with E-state index in [0.29, 0.717) is 21.6 Å². The molecule has 0 aliphatic heterocycles. The van der Waals surface area contributed by atoms with Crippen molar-refractivity contribution in [2.75, 3.05) is 0 Å². The fourth-order valence-electron chi connectivity index (χ4n) is 2.39. The Labute approximate surface area is 155 Å². The summed E-state index contributed by atoms with van der Waals surface area (Å²) in [4.78, 5) is 20.1.